The number of rotatable bonds is 2. The van der Waals surface area contributed by atoms with Crippen molar-refractivity contribution in [1.29, 1.82) is 0 Å². The molecule has 0 aromatic carbocycles. The third kappa shape index (κ3) is 5.27. The lowest BCUT2D eigenvalue weighted by Gasteiger charge is -2.39. The van der Waals surface area contributed by atoms with Crippen molar-refractivity contribution in [3.05, 3.63) is 11.3 Å². The molecule has 2 heterocycles. The summed E-state index contributed by atoms with van der Waals surface area (Å²) in [7, 11) is 3.80. The summed E-state index contributed by atoms with van der Waals surface area (Å²) in [6, 6.07) is 0. The van der Waals surface area contributed by atoms with Crippen LogP contribution >= 0.6 is 12.2 Å². The Hall–Kier alpha value is -1.96. The van der Waals surface area contributed by atoms with Crippen LogP contribution in [0.15, 0.2) is 21.3 Å². The summed E-state index contributed by atoms with van der Waals surface area (Å²) >= 11 is 5.49. The minimum absolute atomic E-state index is 0.284. The Bertz CT molecular complexity index is 661. The summed E-state index contributed by atoms with van der Waals surface area (Å²) in [5.41, 5.74) is 1.79. The normalized spacial score (nSPS) is 18.5. The highest BCUT2D eigenvalue weighted by atomic mass is 32.1. The van der Waals surface area contributed by atoms with Crippen molar-refractivity contribution in [2.75, 3.05) is 40.3 Å². The van der Waals surface area contributed by atoms with Crippen molar-refractivity contribution in [3.63, 3.8) is 0 Å². The lowest BCUT2D eigenvalue weighted by molar-refractivity contribution is 0.0222. The van der Waals surface area contributed by atoms with Gasteiger partial charge in [-0.2, -0.15) is 0 Å². The molecule has 7 nitrogen and oxygen atoms in total. The van der Waals surface area contributed by atoms with Gasteiger partial charge < -0.3 is 19.4 Å². The second-order valence-electron chi connectivity index (χ2n) is 7.75. The fraction of sp³-hybridized carbons (Fsp3) is 0.667. The van der Waals surface area contributed by atoms with Crippen molar-refractivity contribution < 1.29 is 9.53 Å². The van der Waals surface area contributed by atoms with E-state index in [-0.39, 0.29) is 6.09 Å². The van der Waals surface area contributed by atoms with Crippen molar-refractivity contribution in [2.45, 2.75) is 39.7 Å². The average molecular weight is 380 g/mol. The minimum atomic E-state index is -0.504. The third-order valence-corrected chi connectivity index (χ3v) is 4.29. The highest BCUT2D eigenvalue weighted by molar-refractivity contribution is 7.82. The third-order valence-electron chi connectivity index (χ3n) is 4.01. The largest absolute Gasteiger partial charge is 0.444 e. The van der Waals surface area contributed by atoms with Gasteiger partial charge >= 0.3 is 6.09 Å². The van der Waals surface area contributed by atoms with E-state index in [2.05, 4.69) is 21.8 Å². The van der Waals surface area contributed by atoms with Crippen molar-refractivity contribution in [3.8, 4) is 0 Å². The van der Waals surface area contributed by atoms with Crippen LogP contribution in [0.5, 0.6) is 0 Å². The van der Waals surface area contributed by atoms with E-state index in [1.165, 1.54) is 5.57 Å². The SMILES string of the molecule is CC1=C2CN(C(=O)OC(C)(C)C)CCN2C(C(=S)N=CN(C)C)=NCC1. The molecule has 0 atom stereocenters. The lowest BCUT2D eigenvalue weighted by Crippen LogP contribution is -2.51. The fourth-order valence-electron chi connectivity index (χ4n) is 2.75. The summed E-state index contributed by atoms with van der Waals surface area (Å²) < 4.78 is 5.52. The molecule has 0 unspecified atom stereocenters. The van der Waals surface area contributed by atoms with Crippen molar-refractivity contribution in [2.24, 2.45) is 9.98 Å². The number of nitrogens with zero attached hydrogens (tertiary/aromatic N) is 5. The molecule has 0 aromatic heterocycles. The molecule has 2 aliphatic heterocycles. The number of carbonyl (C=O) groups is 1. The molecule has 0 aliphatic carbocycles. The first-order valence-corrected chi connectivity index (χ1v) is 9.23. The summed E-state index contributed by atoms with van der Waals surface area (Å²) in [6.07, 6.45) is 2.24. The molecule has 0 N–H and O–H groups in total. The number of carbonyl (C=O) groups excluding carboxylic acids is 1. The van der Waals surface area contributed by atoms with Gasteiger partial charge in [-0.3, -0.25) is 4.99 Å². The van der Waals surface area contributed by atoms with E-state index in [4.69, 9.17) is 17.0 Å². The molecule has 0 spiro atoms. The van der Waals surface area contributed by atoms with Gasteiger partial charge in [0.2, 0.25) is 0 Å². The number of piperazine rings is 1. The first-order chi connectivity index (χ1) is 12.1. The van der Waals surface area contributed by atoms with Crippen LogP contribution in [0.1, 0.15) is 34.1 Å². The van der Waals surface area contributed by atoms with E-state index in [1.807, 2.05) is 39.8 Å². The maximum Gasteiger partial charge on any atom is 0.410 e. The first-order valence-electron chi connectivity index (χ1n) is 8.82. The quantitative estimate of drug-likeness (QED) is 0.419. The van der Waals surface area contributed by atoms with Gasteiger partial charge in [-0.05, 0) is 34.1 Å². The molecule has 0 saturated carbocycles. The summed E-state index contributed by atoms with van der Waals surface area (Å²) in [4.78, 5) is 27.6. The van der Waals surface area contributed by atoms with Gasteiger partial charge in [0.15, 0.2) is 10.8 Å². The molecule has 2 rings (SSSR count). The van der Waals surface area contributed by atoms with Gasteiger partial charge in [0.1, 0.15) is 5.60 Å². The van der Waals surface area contributed by atoms with E-state index in [9.17, 15) is 4.79 Å². The number of thiocarbonyl (C=S) groups is 1. The number of hydrogen-bond acceptors (Lipinski definition) is 5. The van der Waals surface area contributed by atoms with Gasteiger partial charge in [-0.25, -0.2) is 9.79 Å². The van der Waals surface area contributed by atoms with Crippen LogP contribution in [0, 0.1) is 0 Å². The number of fused-ring (bicyclic) bond motifs is 1. The average Bonchev–Trinajstić information content (AvgIpc) is 2.70. The highest BCUT2D eigenvalue weighted by Gasteiger charge is 2.33. The monoisotopic (exact) mass is 379 g/mol. The standard InChI is InChI=1S/C18H29N5O2S/c1-13-7-8-19-15(16(26)20-12-21(5)6)23-10-9-22(11-14(13)23)17(24)25-18(2,3)4/h12H,7-11H2,1-6H3. The molecule has 2 aliphatic rings. The van der Waals surface area contributed by atoms with Gasteiger partial charge in [0.25, 0.3) is 0 Å². The van der Waals surface area contributed by atoms with Crippen molar-refractivity contribution >= 4 is 35.5 Å². The Morgan fingerprint density at radius 1 is 1.35 bits per heavy atom. The maximum atomic E-state index is 12.5. The topological polar surface area (TPSA) is 60.7 Å². The van der Waals surface area contributed by atoms with Gasteiger partial charge in [-0.15, -0.1) is 0 Å². The van der Waals surface area contributed by atoms with Crippen LogP contribution in [0.2, 0.25) is 0 Å². The van der Waals surface area contributed by atoms with E-state index >= 15 is 0 Å². The smallest absolute Gasteiger partial charge is 0.410 e. The molecule has 1 saturated heterocycles. The number of ether oxygens (including phenoxy) is 1. The molecular formula is C18H29N5O2S. The Morgan fingerprint density at radius 3 is 2.65 bits per heavy atom. The van der Waals surface area contributed by atoms with E-state index < -0.39 is 5.60 Å². The zero-order chi connectivity index (χ0) is 19.5. The Labute approximate surface area is 161 Å². The molecule has 1 fully saturated rings. The zero-order valence-electron chi connectivity index (χ0n) is 16.6. The van der Waals surface area contributed by atoms with Crippen LogP contribution in [-0.2, 0) is 4.74 Å². The zero-order valence-corrected chi connectivity index (χ0v) is 17.4. The van der Waals surface area contributed by atoms with Crippen LogP contribution in [0.4, 0.5) is 4.79 Å². The molecule has 144 valence electrons. The number of amidine groups is 1. The first kappa shape index (κ1) is 20.4. The summed E-state index contributed by atoms with van der Waals surface area (Å²) in [6.45, 7) is 10.1. The van der Waals surface area contributed by atoms with Gasteiger partial charge in [-0.1, -0.05) is 17.8 Å². The second kappa shape index (κ2) is 8.16. The van der Waals surface area contributed by atoms with Crippen LogP contribution in [0.3, 0.4) is 0 Å². The van der Waals surface area contributed by atoms with Crippen LogP contribution < -0.4 is 0 Å². The van der Waals surface area contributed by atoms with Gasteiger partial charge in [0, 0.05) is 39.4 Å². The van der Waals surface area contributed by atoms with E-state index in [0.29, 0.717) is 37.0 Å². The predicted molar refractivity (Wildman–Crippen MR) is 109 cm³/mol. The predicted octanol–water partition coefficient (Wildman–Crippen LogP) is 2.53. The van der Waals surface area contributed by atoms with E-state index in [1.54, 1.807) is 11.2 Å². The van der Waals surface area contributed by atoms with Gasteiger partial charge in [0.05, 0.1) is 12.9 Å². The highest BCUT2D eigenvalue weighted by Crippen LogP contribution is 2.24. The lowest BCUT2D eigenvalue weighted by atomic mass is 10.1. The number of aliphatic imine (C=N–C) groups is 2. The second-order valence-corrected chi connectivity index (χ2v) is 8.14. The molecule has 0 radical (unpaired) electrons. The molecule has 0 aromatic rings. The van der Waals surface area contributed by atoms with E-state index in [0.717, 1.165) is 12.1 Å². The maximum absolute atomic E-state index is 12.5. The van der Waals surface area contributed by atoms with Crippen molar-refractivity contribution in [1.82, 2.24) is 14.7 Å². The Balaban J connectivity index is 2.19. The molecule has 8 heteroatoms. The molecule has 1 amide bonds. The minimum Gasteiger partial charge on any atom is -0.444 e. The Morgan fingerprint density at radius 2 is 2.04 bits per heavy atom. The molecule has 26 heavy (non-hydrogen) atoms. The Kier molecular flexibility index (Phi) is 6.39. The summed E-state index contributed by atoms with van der Waals surface area (Å²) in [5, 5.41) is 0. The van der Waals surface area contributed by atoms with Crippen LogP contribution in [0.25, 0.3) is 0 Å². The number of amides is 1. The fourth-order valence-corrected chi connectivity index (χ4v) is 2.97. The molecular weight excluding hydrogens is 350 g/mol. The molecule has 0 bridgehead atoms. The summed E-state index contributed by atoms with van der Waals surface area (Å²) in [5.74, 6) is 0.716. The number of hydrogen-bond donors (Lipinski definition) is 0. The van der Waals surface area contributed by atoms with Crippen LogP contribution in [-0.4, -0.2) is 83.8 Å².